The van der Waals surface area contributed by atoms with Gasteiger partial charge in [-0.05, 0) is 37.1 Å². The van der Waals surface area contributed by atoms with Crippen LogP contribution in [0.4, 0.5) is 0 Å². The Hall–Kier alpha value is -2.20. The zero-order valence-electron chi connectivity index (χ0n) is 18.4. The molecule has 9 nitrogen and oxygen atoms in total. The van der Waals surface area contributed by atoms with Gasteiger partial charge in [0.15, 0.2) is 0 Å². The lowest BCUT2D eigenvalue weighted by atomic mass is 10.1. The molecule has 2 atom stereocenters. The summed E-state index contributed by atoms with van der Waals surface area (Å²) in [6.07, 6.45) is 1.85. The van der Waals surface area contributed by atoms with Crippen molar-refractivity contribution in [3.63, 3.8) is 0 Å². The summed E-state index contributed by atoms with van der Waals surface area (Å²) >= 11 is 0. The zero-order chi connectivity index (χ0) is 21.5. The summed E-state index contributed by atoms with van der Waals surface area (Å²) in [6.45, 7) is 7.37. The van der Waals surface area contributed by atoms with Gasteiger partial charge in [0.25, 0.3) is 0 Å². The van der Waals surface area contributed by atoms with Gasteiger partial charge in [-0.25, -0.2) is 4.79 Å². The number of nitrogens with zero attached hydrogens (tertiary/aromatic N) is 4. The van der Waals surface area contributed by atoms with Crippen LogP contribution >= 0.6 is 12.4 Å². The van der Waals surface area contributed by atoms with Crippen LogP contribution in [-0.2, 0) is 23.2 Å². The Morgan fingerprint density at radius 1 is 1.03 bits per heavy atom. The van der Waals surface area contributed by atoms with Crippen molar-refractivity contribution in [3.8, 4) is 0 Å². The highest BCUT2D eigenvalue weighted by molar-refractivity contribution is 6.00. The molecule has 3 aliphatic rings. The molecule has 32 heavy (non-hydrogen) atoms. The fourth-order valence-corrected chi connectivity index (χ4v) is 5.23. The van der Waals surface area contributed by atoms with E-state index in [4.69, 9.17) is 0 Å². The molecule has 4 heterocycles. The van der Waals surface area contributed by atoms with Gasteiger partial charge in [0.1, 0.15) is 6.04 Å². The van der Waals surface area contributed by atoms with Crippen LogP contribution in [0, 0.1) is 0 Å². The van der Waals surface area contributed by atoms with Gasteiger partial charge in [0, 0.05) is 58.8 Å². The number of imidazole rings is 1. The number of benzene rings is 1. The van der Waals surface area contributed by atoms with E-state index in [0.717, 1.165) is 56.8 Å². The number of aromatic nitrogens is 2. The van der Waals surface area contributed by atoms with Crippen LogP contribution in [-0.4, -0.2) is 76.1 Å². The minimum atomic E-state index is -0.641. The first-order valence-electron chi connectivity index (χ1n) is 11.2. The number of piperidine rings is 1. The van der Waals surface area contributed by atoms with Gasteiger partial charge in [-0.1, -0.05) is 6.07 Å². The first-order chi connectivity index (χ1) is 15.0. The summed E-state index contributed by atoms with van der Waals surface area (Å²) in [7, 11) is 1.74. The number of fused-ring (bicyclic) bond motifs is 1. The largest absolute Gasteiger partial charge is 0.329 e. The topological polar surface area (TPSA) is 91.6 Å². The molecule has 0 spiro atoms. The number of hydrogen-bond donors (Lipinski definition) is 2. The lowest BCUT2D eigenvalue weighted by Crippen LogP contribution is -2.50. The smallest absolute Gasteiger partial charge is 0.315 e. The molecule has 0 aliphatic carbocycles. The van der Waals surface area contributed by atoms with Crippen LogP contribution in [0.1, 0.15) is 30.9 Å². The van der Waals surface area contributed by atoms with Crippen molar-refractivity contribution in [3.05, 3.63) is 34.2 Å². The highest BCUT2D eigenvalue weighted by Crippen LogP contribution is 2.24. The maximum Gasteiger partial charge on any atom is 0.329 e. The van der Waals surface area contributed by atoms with Crippen molar-refractivity contribution < 1.29 is 9.59 Å². The van der Waals surface area contributed by atoms with Crippen molar-refractivity contribution in [1.29, 1.82) is 0 Å². The molecule has 2 amide bonds. The van der Waals surface area contributed by atoms with E-state index in [1.807, 2.05) is 6.07 Å². The van der Waals surface area contributed by atoms with E-state index in [9.17, 15) is 14.4 Å². The Kier molecular flexibility index (Phi) is 6.71. The van der Waals surface area contributed by atoms with Gasteiger partial charge >= 0.3 is 5.69 Å². The summed E-state index contributed by atoms with van der Waals surface area (Å²) in [5, 5.41) is 5.81. The molecule has 3 saturated heterocycles. The summed E-state index contributed by atoms with van der Waals surface area (Å²) in [4.78, 5) is 41.8. The van der Waals surface area contributed by atoms with E-state index in [1.54, 1.807) is 11.6 Å². The number of nitrogens with one attached hydrogen (secondary N) is 2. The summed E-state index contributed by atoms with van der Waals surface area (Å²) in [5.74, 6) is -0.675. The molecule has 0 saturated carbocycles. The molecule has 174 valence electrons. The van der Waals surface area contributed by atoms with Gasteiger partial charge < -0.3 is 5.32 Å². The van der Waals surface area contributed by atoms with Crippen LogP contribution in [0.25, 0.3) is 11.0 Å². The Morgan fingerprint density at radius 2 is 1.81 bits per heavy atom. The molecule has 5 rings (SSSR count). The zero-order valence-corrected chi connectivity index (χ0v) is 19.2. The quantitative estimate of drug-likeness (QED) is 0.632. The first kappa shape index (κ1) is 23.0. The Labute approximate surface area is 193 Å². The standard InChI is InChI=1S/C22H30N6O3.ClH/c1-25-19-12-15(14-26-8-10-27(11-9-26)16-6-7-23-13-16)2-3-17(19)28(22(25)31)18-4-5-20(29)24-21(18)30;/h2-3,12,16,18,23H,4-11,13-14H2,1H3,(H,24,29,30);1H/t16-,18?;/m1./s1. The van der Waals surface area contributed by atoms with Gasteiger partial charge in [-0.2, -0.15) is 0 Å². The van der Waals surface area contributed by atoms with Crippen LogP contribution in [0.5, 0.6) is 0 Å². The second-order valence-corrected chi connectivity index (χ2v) is 8.96. The maximum absolute atomic E-state index is 12.9. The predicted octanol–water partition coefficient (Wildman–Crippen LogP) is 0.219. The second kappa shape index (κ2) is 9.35. The molecule has 1 aromatic carbocycles. The molecule has 1 unspecified atom stereocenters. The van der Waals surface area contributed by atoms with Crippen molar-refractivity contribution in [2.75, 3.05) is 39.3 Å². The molecule has 2 aromatic rings. The number of carbonyl (C=O) groups is 2. The number of rotatable bonds is 4. The molecular formula is C22H31ClN6O3. The molecule has 1 aromatic heterocycles. The van der Waals surface area contributed by atoms with Gasteiger partial charge in [0.05, 0.1) is 11.0 Å². The highest BCUT2D eigenvalue weighted by atomic mass is 35.5. The fraction of sp³-hybridized carbons (Fsp3) is 0.591. The van der Waals surface area contributed by atoms with E-state index >= 15 is 0 Å². The predicted molar refractivity (Wildman–Crippen MR) is 124 cm³/mol. The van der Waals surface area contributed by atoms with E-state index in [1.165, 1.54) is 16.6 Å². The first-order valence-corrected chi connectivity index (χ1v) is 11.2. The number of imide groups is 1. The van der Waals surface area contributed by atoms with Crippen LogP contribution in [0.3, 0.4) is 0 Å². The van der Waals surface area contributed by atoms with E-state index in [2.05, 4.69) is 32.6 Å². The third-order valence-electron chi connectivity index (χ3n) is 7.04. The van der Waals surface area contributed by atoms with Crippen molar-refractivity contribution in [2.45, 2.75) is 37.9 Å². The number of amides is 2. The highest BCUT2D eigenvalue weighted by Gasteiger charge is 2.31. The second-order valence-electron chi connectivity index (χ2n) is 8.96. The number of carbonyl (C=O) groups excluding carboxylic acids is 2. The average Bonchev–Trinajstić information content (AvgIpc) is 3.38. The molecule has 3 aliphatic heterocycles. The Morgan fingerprint density at radius 3 is 2.50 bits per heavy atom. The summed E-state index contributed by atoms with van der Waals surface area (Å²) in [6, 6.07) is 6.10. The monoisotopic (exact) mass is 462 g/mol. The average molecular weight is 463 g/mol. The molecular weight excluding hydrogens is 432 g/mol. The lowest BCUT2D eigenvalue weighted by Gasteiger charge is -2.37. The molecule has 10 heteroatoms. The van der Waals surface area contributed by atoms with Crippen LogP contribution < -0.4 is 16.3 Å². The molecule has 0 radical (unpaired) electrons. The number of aryl methyl sites for hydroxylation is 1. The molecule has 2 N–H and O–H groups in total. The third-order valence-corrected chi connectivity index (χ3v) is 7.04. The normalized spacial score (nSPS) is 25.2. The van der Waals surface area contributed by atoms with Gasteiger partial charge in [0.2, 0.25) is 11.8 Å². The Balaban J connectivity index is 0.00000245. The summed E-state index contributed by atoms with van der Waals surface area (Å²) < 4.78 is 3.14. The van der Waals surface area contributed by atoms with Crippen LogP contribution in [0.15, 0.2) is 23.0 Å². The summed E-state index contributed by atoms with van der Waals surface area (Å²) in [5.41, 5.74) is 2.51. The minimum Gasteiger partial charge on any atom is -0.315 e. The minimum absolute atomic E-state index is 0. The van der Waals surface area contributed by atoms with Gasteiger partial charge in [-0.15, -0.1) is 12.4 Å². The van der Waals surface area contributed by atoms with E-state index in [-0.39, 0.29) is 30.4 Å². The van der Waals surface area contributed by atoms with Crippen LogP contribution in [0.2, 0.25) is 0 Å². The lowest BCUT2D eigenvalue weighted by molar-refractivity contribution is -0.135. The number of halogens is 1. The fourth-order valence-electron chi connectivity index (χ4n) is 5.23. The Bertz CT molecular complexity index is 1070. The van der Waals surface area contributed by atoms with Crippen molar-refractivity contribution >= 4 is 35.3 Å². The number of hydrogen-bond acceptors (Lipinski definition) is 6. The third kappa shape index (κ3) is 4.22. The van der Waals surface area contributed by atoms with E-state index in [0.29, 0.717) is 12.5 Å². The number of piperazine rings is 1. The molecule has 0 bridgehead atoms. The van der Waals surface area contributed by atoms with Gasteiger partial charge in [-0.3, -0.25) is 33.8 Å². The van der Waals surface area contributed by atoms with E-state index < -0.39 is 11.9 Å². The van der Waals surface area contributed by atoms with Crippen molar-refractivity contribution in [2.24, 2.45) is 7.05 Å². The van der Waals surface area contributed by atoms with Crippen molar-refractivity contribution in [1.82, 2.24) is 29.6 Å². The SMILES string of the molecule is Cl.Cn1c(=O)n(C2CCC(=O)NC2=O)c2ccc(CN3CCN([C@@H]4CCNC4)CC3)cc21. The molecule has 3 fully saturated rings. The maximum atomic E-state index is 12.9.